The van der Waals surface area contributed by atoms with Crippen molar-refractivity contribution in [3.05, 3.63) is 18.3 Å². The summed E-state index contributed by atoms with van der Waals surface area (Å²) in [5, 5.41) is 16.5. The molecule has 1 rings (SSSR count). The van der Waals surface area contributed by atoms with E-state index in [1.54, 1.807) is 6.20 Å². The molecule has 0 saturated carbocycles. The van der Waals surface area contributed by atoms with E-state index < -0.39 is 0 Å². The van der Waals surface area contributed by atoms with Crippen molar-refractivity contribution < 1.29 is 5.11 Å². The van der Waals surface area contributed by atoms with Crippen LogP contribution in [0, 0.1) is 0 Å². The molecule has 0 fully saturated rings. The molecule has 12 heavy (non-hydrogen) atoms. The summed E-state index contributed by atoms with van der Waals surface area (Å²) in [6.07, 6.45) is 1.63. The van der Waals surface area contributed by atoms with Crippen LogP contribution in [0.3, 0.4) is 0 Å². The van der Waals surface area contributed by atoms with Gasteiger partial charge in [-0.15, -0.1) is 5.10 Å². The highest BCUT2D eigenvalue weighted by atomic mass is 16.3. The summed E-state index contributed by atoms with van der Waals surface area (Å²) < 4.78 is 0. The van der Waals surface area contributed by atoms with Crippen LogP contribution < -0.4 is 4.90 Å². The first-order chi connectivity index (χ1) is 5.75. The Morgan fingerprint density at radius 2 is 2.42 bits per heavy atom. The predicted octanol–water partition coefficient (Wildman–Crippen LogP) is 0.294. The second-order valence-electron chi connectivity index (χ2n) is 2.72. The van der Waals surface area contributed by atoms with E-state index in [9.17, 15) is 0 Å². The Kier molecular flexibility index (Phi) is 2.99. The second-order valence-corrected chi connectivity index (χ2v) is 2.72. The number of rotatable bonds is 3. The molecule has 1 aromatic heterocycles. The largest absolute Gasteiger partial charge is 0.394 e. The van der Waals surface area contributed by atoms with E-state index in [0.29, 0.717) is 0 Å². The Labute approximate surface area is 71.9 Å². The van der Waals surface area contributed by atoms with Crippen molar-refractivity contribution in [3.8, 4) is 0 Å². The van der Waals surface area contributed by atoms with E-state index in [-0.39, 0.29) is 12.6 Å². The van der Waals surface area contributed by atoms with Crippen LogP contribution in [-0.4, -0.2) is 35.0 Å². The van der Waals surface area contributed by atoms with Gasteiger partial charge in [0.15, 0.2) is 5.82 Å². The van der Waals surface area contributed by atoms with Crippen molar-refractivity contribution in [3.63, 3.8) is 0 Å². The lowest BCUT2D eigenvalue weighted by atomic mass is 10.3. The third-order valence-electron chi connectivity index (χ3n) is 1.84. The molecule has 0 unspecified atom stereocenters. The molecule has 1 aromatic rings. The molecular weight excluding hydrogens is 154 g/mol. The van der Waals surface area contributed by atoms with Crippen LogP contribution in [0.15, 0.2) is 18.3 Å². The lowest BCUT2D eigenvalue weighted by Crippen LogP contribution is -2.32. The molecule has 0 saturated heterocycles. The molecule has 0 aliphatic carbocycles. The van der Waals surface area contributed by atoms with Crippen molar-refractivity contribution in [1.29, 1.82) is 0 Å². The van der Waals surface area contributed by atoms with Gasteiger partial charge in [0.2, 0.25) is 0 Å². The molecule has 4 nitrogen and oxygen atoms in total. The van der Waals surface area contributed by atoms with Crippen LogP contribution >= 0.6 is 0 Å². The molecule has 0 radical (unpaired) electrons. The lowest BCUT2D eigenvalue weighted by Gasteiger charge is -2.23. The molecular formula is C8H13N3O. The van der Waals surface area contributed by atoms with E-state index in [1.165, 1.54) is 0 Å². The SMILES string of the molecule is C[C@H](CO)N(C)c1cccnn1. The Hall–Kier alpha value is -1.16. The number of hydrogen-bond acceptors (Lipinski definition) is 4. The molecule has 0 aromatic carbocycles. The van der Waals surface area contributed by atoms with Crippen molar-refractivity contribution in [2.75, 3.05) is 18.6 Å². The number of nitrogens with zero attached hydrogens (tertiary/aromatic N) is 3. The molecule has 1 heterocycles. The maximum atomic E-state index is 8.88. The van der Waals surface area contributed by atoms with Gasteiger partial charge in [-0.05, 0) is 19.1 Å². The van der Waals surface area contributed by atoms with Crippen molar-refractivity contribution in [2.45, 2.75) is 13.0 Å². The normalized spacial score (nSPS) is 12.6. The van der Waals surface area contributed by atoms with E-state index >= 15 is 0 Å². The molecule has 0 amide bonds. The van der Waals surface area contributed by atoms with Gasteiger partial charge in [0.05, 0.1) is 12.6 Å². The number of anilines is 1. The second kappa shape index (κ2) is 4.01. The van der Waals surface area contributed by atoms with Gasteiger partial charge in [-0.1, -0.05) is 0 Å². The first kappa shape index (κ1) is 8.93. The fourth-order valence-electron chi connectivity index (χ4n) is 0.830. The van der Waals surface area contributed by atoms with Crippen LogP contribution in [-0.2, 0) is 0 Å². The maximum Gasteiger partial charge on any atom is 0.151 e. The third-order valence-corrected chi connectivity index (χ3v) is 1.84. The minimum atomic E-state index is 0.0710. The summed E-state index contributed by atoms with van der Waals surface area (Å²) >= 11 is 0. The summed E-state index contributed by atoms with van der Waals surface area (Å²) in [7, 11) is 1.88. The number of aromatic nitrogens is 2. The first-order valence-electron chi connectivity index (χ1n) is 3.87. The Balaban J connectivity index is 2.71. The fourth-order valence-corrected chi connectivity index (χ4v) is 0.830. The molecule has 1 N–H and O–H groups in total. The van der Waals surface area contributed by atoms with Gasteiger partial charge in [-0.25, -0.2) is 0 Å². The average Bonchev–Trinajstić information content (AvgIpc) is 2.17. The number of hydrogen-bond donors (Lipinski definition) is 1. The van der Waals surface area contributed by atoms with Crippen LogP contribution in [0.1, 0.15) is 6.92 Å². The van der Waals surface area contributed by atoms with E-state index in [4.69, 9.17) is 5.11 Å². The zero-order chi connectivity index (χ0) is 8.97. The molecule has 4 heteroatoms. The number of aliphatic hydroxyl groups excluding tert-OH is 1. The summed E-state index contributed by atoms with van der Waals surface area (Å²) in [5.41, 5.74) is 0. The molecule has 66 valence electrons. The Morgan fingerprint density at radius 1 is 1.67 bits per heavy atom. The summed E-state index contributed by atoms with van der Waals surface area (Å²) in [5.74, 6) is 0.777. The van der Waals surface area contributed by atoms with Crippen LogP contribution in [0.5, 0.6) is 0 Å². The van der Waals surface area contributed by atoms with Crippen molar-refractivity contribution in [1.82, 2.24) is 10.2 Å². The van der Waals surface area contributed by atoms with E-state index in [0.717, 1.165) is 5.82 Å². The van der Waals surface area contributed by atoms with Gasteiger partial charge in [-0.2, -0.15) is 5.10 Å². The Morgan fingerprint density at radius 3 is 2.92 bits per heavy atom. The lowest BCUT2D eigenvalue weighted by molar-refractivity contribution is 0.269. The highest BCUT2D eigenvalue weighted by Gasteiger charge is 2.08. The van der Waals surface area contributed by atoms with Crippen molar-refractivity contribution >= 4 is 5.82 Å². The minimum Gasteiger partial charge on any atom is -0.394 e. The molecule has 0 spiro atoms. The van der Waals surface area contributed by atoms with Gasteiger partial charge in [0, 0.05) is 13.2 Å². The van der Waals surface area contributed by atoms with Gasteiger partial charge < -0.3 is 10.0 Å². The standard InChI is InChI=1S/C8H13N3O/c1-7(6-12)11(2)8-4-3-5-9-10-8/h3-5,7,12H,6H2,1-2H3/t7-/m1/s1. The monoisotopic (exact) mass is 167 g/mol. The predicted molar refractivity (Wildman–Crippen MR) is 47.0 cm³/mol. The van der Waals surface area contributed by atoms with Gasteiger partial charge in [0.25, 0.3) is 0 Å². The summed E-state index contributed by atoms with van der Waals surface area (Å²) in [6.45, 7) is 2.04. The first-order valence-corrected chi connectivity index (χ1v) is 3.87. The quantitative estimate of drug-likeness (QED) is 0.703. The van der Waals surface area contributed by atoms with Crippen LogP contribution in [0.2, 0.25) is 0 Å². The molecule has 0 bridgehead atoms. The Bertz CT molecular complexity index is 227. The fraction of sp³-hybridized carbons (Fsp3) is 0.500. The average molecular weight is 167 g/mol. The zero-order valence-corrected chi connectivity index (χ0v) is 7.31. The number of aliphatic hydroxyl groups is 1. The van der Waals surface area contributed by atoms with Crippen LogP contribution in [0.25, 0.3) is 0 Å². The van der Waals surface area contributed by atoms with Gasteiger partial charge in [-0.3, -0.25) is 0 Å². The zero-order valence-electron chi connectivity index (χ0n) is 7.31. The van der Waals surface area contributed by atoms with Crippen molar-refractivity contribution in [2.24, 2.45) is 0 Å². The minimum absolute atomic E-state index is 0.0710. The molecule has 0 aliphatic heterocycles. The van der Waals surface area contributed by atoms with Crippen LogP contribution in [0.4, 0.5) is 5.82 Å². The maximum absolute atomic E-state index is 8.88. The van der Waals surface area contributed by atoms with E-state index in [1.807, 2.05) is 31.0 Å². The third kappa shape index (κ3) is 1.92. The smallest absolute Gasteiger partial charge is 0.151 e. The van der Waals surface area contributed by atoms with Gasteiger partial charge in [0.1, 0.15) is 0 Å². The highest BCUT2D eigenvalue weighted by molar-refractivity contribution is 5.36. The molecule has 0 aliphatic rings. The van der Waals surface area contributed by atoms with Gasteiger partial charge >= 0.3 is 0 Å². The van der Waals surface area contributed by atoms with E-state index in [2.05, 4.69) is 10.2 Å². The number of likely N-dealkylation sites (N-methyl/N-ethyl adjacent to an activating group) is 1. The topological polar surface area (TPSA) is 49.2 Å². The summed E-state index contributed by atoms with van der Waals surface area (Å²) in [4.78, 5) is 1.88. The highest BCUT2D eigenvalue weighted by Crippen LogP contribution is 2.08. The molecule has 1 atom stereocenters. The summed E-state index contributed by atoms with van der Waals surface area (Å²) in [6, 6.07) is 3.75.